The number of carbonyl (C=O) groups is 3. The van der Waals surface area contributed by atoms with Gasteiger partial charge in [-0.15, -0.1) is 0 Å². The Morgan fingerprint density at radius 2 is 1.86 bits per heavy atom. The molecule has 0 radical (unpaired) electrons. The van der Waals surface area contributed by atoms with Crippen LogP contribution in [0.1, 0.15) is 26.7 Å². The topological polar surface area (TPSA) is 78.9 Å². The predicted molar refractivity (Wildman–Crippen MR) is 72.3 cm³/mol. The van der Waals surface area contributed by atoms with Crippen molar-refractivity contribution in [3.8, 4) is 0 Å². The summed E-state index contributed by atoms with van der Waals surface area (Å²) in [4.78, 5) is 36.0. The van der Waals surface area contributed by atoms with Crippen molar-refractivity contribution in [3.05, 3.63) is 12.2 Å². The van der Waals surface area contributed by atoms with Crippen LogP contribution in [0.25, 0.3) is 0 Å². The van der Waals surface area contributed by atoms with Gasteiger partial charge in [0.25, 0.3) is 0 Å². The molecule has 3 atom stereocenters. The van der Waals surface area contributed by atoms with Crippen LogP contribution in [0.3, 0.4) is 0 Å². The summed E-state index contributed by atoms with van der Waals surface area (Å²) in [6.07, 6.45) is 3.51. The predicted octanol–water partition coefficient (Wildman–Crippen LogP) is 1.03. The van der Waals surface area contributed by atoms with Crippen LogP contribution in [0.4, 0.5) is 0 Å². The Kier molecular flexibility index (Phi) is 5.12. The van der Waals surface area contributed by atoms with Crippen LogP contribution in [0.15, 0.2) is 12.2 Å². The maximum Gasteiger partial charge on any atom is 0.320 e. The van der Waals surface area contributed by atoms with Crippen LogP contribution >= 0.6 is 0 Å². The first kappa shape index (κ1) is 15.7. The van der Waals surface area contributed by atoms with E-state index in [-0.39, 0.29) is 44.0 Å². The van der Waals surface area contributed by atoms with Gasteiger partial charge >= 0.3 is 11.9 Å². The Balaban J connectivity index is 2.09. The van der Waals surface area contributed by atoms with Gasteiger partial charge in [-0.25, -0.2) is 0 Å². The van der Waals surface area contributed by atoms with E-state index in [0.29, 0.717) is 0 Å². The van der Waals surface area contributed by atoms with Gasteiger partial charge in [0.05, 0.1) is 25.4 Å². The normalized spacial score (nSPS) is 27.0. The van der Waals surface area contributed by atoms with E-state index in [4.69, 9.17) is 14.2 Å². The minimum Gasteiger partial charge on any atom is -0.465 e. The highest BCUT2D eigenvalue weighted by molar-refractivity contribution is 5.96. The lowest BCUT2D eigenvalue weighted by Gasteiger charge is -2.29. The van der Waals surface area contributed by atoms with Gasteiger partial charge in [-0.2, -0.15) is 0 Å². The molecule has 2 aliphatic rings. The third kappa shape index (κ3) is 3.50. The number of hydrogen-bond acceptors (Lipinski definition) is 6. The second-order valence-electron chi connectivity index (χ2n) is 5.09. The van der Waals surface area contributed by atoms with Crippen molar-refractivity contribution in [1.82, 2.24) is 0 Å². The molecule has 1 fully saturated rings. The smallest absolute Gasteiger partial charge is 0.320 e. The Bertz CT molecular complexity index is 437. The molecule has 0 spiro atoms. The lowest BCUT2D eigenvalue weighted by molar-refractivity contribution is -0.163. The van der Waals surface area contributed by atoms with Gasteiger partial charge in [0, 0.05) is 12.3 Å². The third-order valence-corrected chi connectivity index (χ3v) is 3.69. The molecule has 0 aromatic carbocycles. The Labute approximate surface area is 123 Å². The van der Waals surface area contributed by atoms with E-state index < -0.39 is 23.8 Å². The van der Waals surface area contributed by atoms with Gasteiger partial charge in [0.2, 0.25) is 0 Å². The van der Waals surface area contributed by atoms with Gasteiger partial charge in [0.1, 0.15) is 5.78 Å². The zero-order chi connectivity index (χ0) is 15.4. The van der Waals surface area contributed by atoms with Crippen molar-refractivity contribution in [2.24, 2.45) is 11.8 Å². The van der Waals surface area contributed by atoms with Crippen LogP contribution in [0, 0.1) is 11.8 Å². The monoisotopic (exact) mass is 296 g/mol. The summed E-state index contributed by atoms with van der Waals surface area (Å²) in [6, 6.07) is 0. The lowest BCUT2D eigenvalue weighted by Crippen LogP contribution is -2.40. The van der Waals surface area contributed by atoms with Crippen LogP contribution in [-0.2, 0) is 28.6 Å². The molecule has 116 valence electrons. The Morgan fingerprint density at radius 3 is 2.43 bits per heavy atom. The second kappa shape index (κ2) is 6.85. The first-order chi connectivity index (χ1) is 10.1. The molecule has 0 aromatic rings. The molecule has 6 nitrogen and oxygen atoms in total. The number of ether oxygens (including phenoxy) is 3. The van der Waals surface area contributed by atoms with Gasteiger partial charge < -0.3 is 14.2 Å². The number of Topliss-reactive ketones (excluding diaryl/α,β-unsaturated/α-hetero) is 1. The van der Waals surface area contributed by atoms with Crippen LogP contribution in [0.2, 0.25) is 0 Å². The molecule has 1 saturated heterocycles. The minimum atomic E-state index is -1.08. The van der Waals surface area contributed by atoms with E-state index in [1.165, 1.54) is 0 Å². The number of esters is 2. The highest BCUT2D eigenvalue weighted by Crippen LogP contribution is 2.33. The quantitative estimate of drug-likeness (QED) is 0.414. The number of rotatable bonds is 6. The maximum absolute atomic E-state index is 12.1. The molecular weight excluding hydrogens is 276 g/mol. The molecule has 2 bridgehead atoms. The van der Waals surface area contributed by atoms with Gasteiger partial charge in [-0.1, -0.05) is 12.2 Å². The van der Waals surface area contributed by atoms with Gasteiger partial charge in [-0.05, 0) is 20.3 Å². The van der Waals surface area contributed by atoms with Crippen molar-refractivity contribution < 1.29 is 28.6 Å². The summed E-state index contributed by atoms with van der Waals surface area (Å²) in [6.45, 7) is 3.68. The number of ketones is 1. The molecule has 6 heteroatoms. The fourth-order valence-electron chi connectivity index (χ4n) is 2.70. The first-order valence-electron chi connectivity index (χ1n) is 7.26. The average molecular weight is 296 g/mol. The van der Waals surface area contributed by atoms with Crippen molar-refractivity contribution in [3.63, 3.8) is 0 Å². The fourth-order valence-corrected chi connectivity index (χ4v) is 2.70. The summed E-state index contributed by atoms with van der Waals surface area (Å²) in [5, 5.41) is 0. The van der Waals surface area contributed by atoms with Crippen LogP contribution in [-0.4, -0.2) is 43.1 Å². The SMILES string of the molecule is CCOC(=O)C(C[C@H]1C(=O)C[C@H]2C=C[C@@H]1O2)C(=O)OCC. The van der Waals surface area contributed by atoms with Crippen molar-refractivity contribution >= 4 is 17.7 Å². The molecule has 2 aliphatic heterocycles. The van der Waals surface area contributed by atoms with E-state index >= 15 is 0 Å². The summed E-state index contributed by atoms with van der Waals surface area (Å²) in [7, 11) is 0. The third-order valence-electron chi connectivity index (χ3n) is 3.69. The van der Waals surface area contributed by atoms with Gasteiger partial charge in [0.15, 0.2) is 5.92 Å². The molecule has 0 unspecified atom stereocenters. The molecule has 0 aliphatic carbocycles. The standard InChI is InChI=1S/C15H20O6/c1-3-19-14(17)11(15(18)20-4-2)8-10-12(16)7-9-5-6-13(10)21-9/h5-6,9-11,13H,3-4,7-8H2,1-2H3/t9-,10+,13+/m1/s1. The number of hydrogen-bond donors (Lipinski definition) is 0. The van der Waals surface area contributed by atoms with Crippen molar-refractivity contribution in [1.29, 1.82) is 0 Å². The van der Waals surface area contributed by atoms with E-state index in [2.05, 4.69) is 0 Å². The molecule has 2 rings (SSSR count). The highest BCUT2D eigenvalue weighted by atomic mass is 16.6. The van der Waals surface area contributed by atoms with E-state index in [0.717, 1.165) is 0 Å². The van der Waals surface area contributed by atoms with E-state index in [9.17, 15) is 14.4 Å². The van der Waals surface area contributed by atoms with Crippen molar-refractivity contribution in [2.45, 2.75) is 38.9 Å². The van der Waals surface area contributed by atoms with E-state index in [1.54, 1.807) is 13.8 Å². The molecule has 0 N–H and O–H groups in total. The summed E-state index contributed by atoms with van der Waals surface area (Å²) >= 11 is 0. The highest BCUT2D eigenvalue weighted by Gasteiger charge is 2.43. The molecule has 0 amide bonds. The van der Waals surface area contributed by atoms with Gasteiger partial charge in [-0.3, -0.25) is 14.4 Å². The molecule has 0 aromatic heterocycles. The minimum absolute atomic E-state index is 0.0137. The summed E-state index contributed by atoms with van der Waals surface area (Å²) < 4.78 is 15.5. The number of fused-ring (bicyclic) bond motifs is 2. The Hall–Kier alpha value is -1.69. The van der Waals surface area contributed by atoms with Crippen molar-refractivity contribution in [2.75, 3.05) is 13.2 Å². The molecule has 2 heterocycles. The van der Waals surface area contributed by atoms with Crippen LogP contribution < -0.4 is 0 Å². The largest absolute Gasteiger partial charge is 0.465 e. The number of carbonyl (C=O) groups excluding carboxylic acids is 3. The fraction of sp³-hybridized carbons (Fsp3) is 0.667. The summed E-state index contributed by atoms with van der Waals surface area (Å²) in [5.74, 6) is -2.85. The molecular formula is C15H20O6. The maximum atomic E-state index is 12.1. The lowest BCUT2D eigenvalue weighted by atomic mass is 9.85. The first-order valence-corrected chi connectivity index (χ1v) is 7.26. The molecule has 21 heavy (non-hydrogen) atoms. The second-order valence-corrected chi connectivity index (χ2v) is 5.09. The summed E-state index contributed by atoms with van der Waals surface area (Å²) in [5.41, 5.74) is 0. The average Bonchev–Trinajstić information content (AvgIpc) is 2.82. The molecule has 0 saturated carbocycles. The zero-order valence-electron chi connectivity index (χ0n) is 12.2. The zero-order valence-corrected chi connectivity index (χ0v) is 12.2. The Morgan fingerprint density at radius 1 is 1.24 bits per heavy atom. The van der Waals surface area contributed by atoms with E-state index in [1.807, 2.05) is 12.2 Å². The van der Waals surface area contributed by atoms with Crippen LogP contribution in [0.5, 0.6) is 0 Å².